The average molecular weight is 474 g/mol. The predicted molar refractivity (Wildman–Crippen MR) is 124 cm³/mol. The van der Waals surface area contributed by atoms with Gasteiger partial charge in [-0.05, 0) is 37.1 Å². The van der Waals surface area contributed by atoms with Crippen molar-refractivity contribution in [2.45, 2.75) is 53.8 Å². The van der Waals surface area contributed by atoms with E-state index in [9.17, 15) is 8.42 Å². The highest BCUT2D eigenvalue weighted by atomic mass is 32.2. The monoisotopic (exact) mass is 473 g/mol. The van der Waals surface area contributed by atoms with E-state index in [1.165, 1.54) is 28.7 Å². The third-order valence-electron chi connectivity index (χ3n) is 5.78. The molecule has 0 atom stereocenters. The van der Waals surface area contributed by atoms with Crippen LogP contribution in [0, 0.1) is 0 Å². The number of thioether (sulfide) groups is 1. The molecule has 0 unspecified atom stereocenters. The van der Waals surface area contributed by atoms with Crippen molar-refractivity contribution in [1.82, 2.24) is 14.4 Å². The van der Waals surface area contributed by atoms with Crippen molar-refractivity contribution >= 4 is 21.8 Å². The fourth-order valence-electron chi connectivity index (χ4n) is 3.92. The lowest BCUT2D eigenvalue weighted by molar-refractivity contribution is 0.285. The van der Waals surface area contributed by atoms with E-state index in [4.69, 9.17) is 9.26 Å². The Bertz CT molecular complexity index is 1140. The summed E-state index contributed by atoms with van der Waals surface area (Å²) in [4.78, 5) is 4.58. The third kappa shape index (κ3) is 5.00. The second kappa shape index (κ2) is 10.1. The quantitative estimate of drug-likeness (QED) is 0.426. The molecule has 0 saturated heterocycles. The van der Waals surface area contributed by atoms with Gasteiger partial charge < -0.3 is 9.26 Å². The number of hydrogen-bond acceptors (Lipinski definition) is 7. The van der Waals surface area contributed by atoms with Gasteiger partial charge >= 0.3 is 0 Å². The molecule has 4 rings (SSSR count). The van der Waals surface area contributed by atoms with Gasteiger partial charge in [-0.2, -0.15) is 4.31 Å². The lowest BCUT2D eigenvalue weighted by Gasteiger charge is -2.30. The summed E-state index contributed by atoms with van der Waals surface area (Å²) >= 11 is 1.46. The first-order chi connectivity index (χ1) is 15.5. The van der Waals surface area contributed by atoms with Gasteiger partial charge in [-0.1, -0.05) is 48.3 Å². The van der Waals surface area contributed by atoms with Crippen molar-refractivity contribution in [1.29, 1.82) is 0 Å². The van der Waals surface area contributed by atoms with Crippen LogP contribution in [0.25, 0.3) is 11.3 Å². The molecule has 1 aliphatic rings. The number of ether oxygens (including phenoxy) is 1. The van der Waals surface area contributed by atoms with E-state index >= 15 is 0 Å². The van der Waals surface area contributed by atoms with Crippen LogP contribution in [-0.2, 0) is 15.8 Å². The van der Waals surface area contributed by atoms with Crippen LogP contribution in [-0.4, -0.2) is 43.1 Å². The van der Waals surface area contributed by atoms with Crippen molar-refractivity contribution in [2.24, 2.45) is 0 Å². The number of benzene rings is 1. The maximum atomic E-state index is 13.0. The lowest BCUT2D eigenvalue weighted by atomic mass is 9.96. The van der Waals surface area contributed by atoms with Crippen molar-refractivity contribution in [3.63, 3.8) is 0 Å². The van der Waals surface area contributed by atoms with Crippen molar-refractivity contribution in [3.05, 3.63) is 54.4 Å². The van der Waals surface area contributed by atoms with Crippen LogP contribution in [0.5, 0.6) is 5.75 Å². The average Bonchev–Trinajstić information content (AvgIpc) is 3.32. The second-order valence-corrected chi connectivity index (χ2v) is 10.8. The topological polar surface area (TPSA) is 85.5 Å². The molecule has 2 aromatic heterocycles. The Kier molecular flexibility index (Phi) is 7.17. The van der Waals surface area contributed by atoms with Gasteiger partial charge in [0.25, 0.3) is 0 Å². The molecule has 0 bridgehead atoms. The molecule has 0 N–H and O–H groups in total. The van der Waals surface area contributed by atoms with E-state index < -0.39 is 10.0 Å². The summed E-state index contributed by atoms with van der Waals surface area (Å²) in [6.07, 6.45) is 6.63. The third-order valence-corrected chi connectivity index (χ3v) is 8.64. The van der Waals surface area contributed by atoms with Crippen molar-refractivity contribution in [3.8, 4) is 17.0 Å². The fourth-order valence-corrected chi connectivity index (χ4v) is 6.00. The van der Waals surface area contributed by atoms with E-state index in [1.807, 2.05) is 30.3 Å². The van der Waals surface area contributed by atoms with Gasteiger partial charge in [0.1, 0.15) is 22.1 Å². The highest BCUT2D eigenvalue weighted by Crippen LogP contribution is 2.31. The minimum atomic E-state index is -3.54. The molecule has 7 nitrogen and oxygen atoms in total. The van der Waals surface area contributed by atoms with Crippen LogP contribution in [0.2, 0.25) is 0 Å². The van der Waals surface area contributed by atoms with Gasteiger partial charge in [0, 0.05) is 30.9 Å². The highest BCUT2D eigenvalue weighted by Gasteiger charge is 2.29. The molecule has 0 spiro atoms. The van der Waals surface area contributed by atoms with E-state index in [2.05, 4.69) is 10.1 Å². The first-order valence-electron chi connectivity index (χ1n) is 10.6. The predicted octanol–water partition coefficient (Wildman–Crippen LogP) is 4.99. The van der Waals surface area contributed by atoms with Gasteiger partial charge in [0.2, 0.25) is 10.0 Å². The summed E-state index contributed by atoms with van der Waals surface area (Å²) in [5, 5.41) is 4.87. The van der Waals surface area contributed by atoms with E-state index in [0.717, 1.165) is 42.0 Å². The first kappa shape index (κ1) is 22.8. The molecule has 0 aliphatic heterocycles. The largest absolute Gasteiger partial charge is 0.496 e. The summed E-state index contributed by atoms with van der Waals surface area (Å²) in [5.74, 6) is 1.96. The van der Waals surface area contributed by atoms with Crippen LogP contribution in [0.4, 0.5) is 0 Å². The number of para-hydroxylation sites is 1. The van der Waals surface area contributed by atoms with Crippen LogP contribution >= 0.6 is 11.8 Å². The van der Waals surface area contributed by atoms with Gasteiger partial charge in [0.15, 0.2) is 0 Å². The van der Waals surface area contributed by atoms with Crippen LogP contribution in [0.1, 0.15) is 37.9 Å². The maximum absolute atomic E-state index is 13.0. The van der Waals surface area contributed by atoms with E-state index in [1.54, 1.807) is 26.3 Å². The molecule has 0 amide bonds. The molecule has 170 valence electrons. The molecule has 0 radical (unpaired) electrons. The zero-order chi connectivity index (χ0) is 22.6. The molecule has 2 heterocycles. The SMILES string of the molecule is COc1ccccc1-c1cc(CSc2ccc(S(=O)(=O)N(C)C3CCCCC3)cn2)on1. The molecule has 9 heteroatoms. The Hall–Kier alpha value is -2.36. The second-order valence-electron chi connectivity index (χ2n) is 7.81. The summed E-state index contributed by atoms with van der Waals surface area (Å²) in [6, 6.07) is 13.0. The van der Waals surface area contributed by atoms with Crippen LogP contribution < -0.4 is 4.74 Å². The van der Waals surface area contributed by atoms with Gasteiger partial charge in [0.05, 0.1) is 17.9 Å². The molecule has 32 heavy (non-hydrogen) atoms. The summed E-state index contributed by atoms with van der Waals surface area (Å²) in [7, 11) is -0.234. The van der Waals surface area contributed by atoms with Gasteiger partial charge in [-0.15, -0.1) is 0 Å². The van der Waals surface area contributed by atoms with Crippen LogP contribution in [0.15, 0.2) is 63.1 Å². The zero-order valence-corrected chi connectivity index (χ0v) is 19.9. The number of sulfonamides is 1. The van der Waals surface area contributed by atoms with E-state index in [-0.39, 0.29) is 10.9 Å². The number of methoxy groups -OCH3 is 1. The molecule has 1 aliphatic carbocycles. The minimum absolute atomic E-state index is 0.0756. The first-order valence-corrected chi connectivity index (χ1v) is 13.1. The molecule has 3 aromatic rings. The number of pyridine rings is 1. The molecular weight excluding hydrogens is 446 g/mol. The maximum Gasteiger partial charge on any atom is 0.244 e. The van der Waals surface area contributed by atoms with Gasteiger partial charge in [-0.3, -0.25) is 0 Å². The summed E-state index contributed by atoms with van der Waals surface area (Å²) in [5.41, 5.74) is 1.57. The highest BCUT2D eigenvalue weighted by molar-refractivity contribution is 7.98. The molecular formula is C23H27N3O4S2. The Balaban J connectivity index is 1.40. The molecule has 1 aromatic carbocycles. The summed E-state index contributed by atoms with van der Waals surface area (Å²) in [6.45, 7) is 0. The number of nitrogens with zero attached hydrogens (tertiary/aromatic N) is 3. The minimum Gasteiger partial charge on any atom is -0.496 e. The van der Waals surface area contributed by atoms with Crippen LogP contribution in [0.3, 0.4) is 0 Å². The zero-order valence-electron chi connectivity index (χ0n) is 18.2. The Morgan fingerprint density at radius 2 is 1.94 bits per heavy atom. The van der Waals surface area contributed by atoms with Crippen molar-refractivity contribution in [2.75, 3.05) is 14.2 Å². The lowest BCUT2D eigenvalue weighted by Crippen LogP contribution is -2.38. The molecule has 1 fully saturated rings. The van der Waals surface area contributed by atoms with E-state index in [0.29, 0.717) is 17.2 Å². The Morgan fingerprint density at radius 3 is 2.66 bits per heavy atom. The number of aromatic nitrogens is 2. The number of rotatable bonds is 8. The Morgan fingerprint density at radius 1 is 1.16 bits per heavy atom. The smallest absolute Gasteiger partial charge is 0.244 e. The number of hydrogen-bond donors (Lipinski definition) is 0. The normalized spacial score (nSPS) is 15.2. The summed E-state index contributed by atoms with van der Waals surface area (Å²) < 4.78 is 38.3. The van der Waals surface area contributed by atoms with Crippen molar-refractivity contribution < 1.29 is 17.7 Å². The van der Waals surface area contributed by atoms with Gasteiger partial charge in [-0.25, -0.2) is 13.4 Å². The molecule has 1 saturated carbocycles. The Labute approximate surface area is 193 Å². The fraction of sp³-hybridized carbons (Fsp3) is 0.391. The standard InChI is InChI=1S/C23H27N3O4S2/c1-26(17-8-4-3-5-9-17)32(27,28)19-12-13-23(24-15-19)31-16-18-14-21(25-30-18)20-10-6-7-11-22(20)29-2/h6-7,10-15,17H,3-5,8-9,16H2,1-2H3.